The second kappa shape index (κ2) is 30.9. The van der Waals surface area contributed by atoms with E-state index >= 15 is 0 Å². The topological polar surface area (TPSA) is 151 Å². The van der Waals surface area contributed by atoms with E-state index < -0.39 is 6.17 Å². The van der Waals surface area contributed by atoms with Gasteiger partial charge in [-0.25, -0.2) is 4.39 Å². The molecule has 0 radical (unpaired) electrons. The third kappa shape index (κ3) is 15.8. The number of benzene rings is 3. The molecule has 0 spiro atoms. The zero-order valence-corrected chi connectivity index (χ0v) is 54.2. The Morgan fingerprint density at radius 1 is 0.404 bits per heavy atom. The number of ether oxygens (including phenoxy) is 1. The molecule has 3 aromatic carbocycles. The van der Waals surface area contributed by atoms with Gasteiger partial charge in [-0.3, -0.25) is 53.3 Å². The molecular formula is C69H101FN12O7. The molecule has 12 aliphatic heterocycles. The Morgan fingerprint density at radius 2 is 0.865 bits per heavy atom. The summed E-state index contributed by atoms with van der Waals surface area (Å²) in [6, 6.07) is 25.1. The van der Waals surface area contributed by atoms with Crippen molar-refractivity contribution in [1.29, 1.82) is 0 Å². The van der Waals surface area contributed by atoms with E-state index in [1.807, 2.05) is 73.6 Å². The molecule has 15 rings (SSSR count). The van der Waals surface area contributed by atoms with Gasteiger partial charge in [-0.2, -0.15) is 0 Å². The molecule has 89 heavy (non-hydrogen) atoms. The quantitative estimate of drug-likeness (QED) is 0.341. The van der Waals surface area contributed by atoms with E-state index in [4.69, 9.17) is 4.74 Å². The first kappa shape index (κ1) is 65.9. The van der Waals surface area contributed by atoms with Crippen LogP contribution in [0.25, 0.3) is 0 Å². The standard InChI is InChI=1S/2C14H18N2O.C13H16N2O.C10H18N2O.C9H15FN2O.C9H16N2O2/c1-15-10-7-11-5-2-3-6-12(11)13(15)14(17)16-8-4-9-16;1-15-10-12-6-3-2-5-11(12)9-13(15)14(17)16-7-4-8-16;1-14-11-6-3-2-5-10(11)9-12(14)13(16)15-7-4-8-15;1-11-6-3-2-5-9(11)10(13)12-7-4-8-12;1-11-6-7(10)5-8(11)9(13)12-3-2-4-12;1-10-5-6-13-7-8(10)9(12)11-3-2-4-11/h2*2-3,5-6,13H,4,7-10H2,1H3;2-3,5-6,12H,4,7-9H2,1H3;9H,2-8H2,1H3;7-8H,2-6H2,1H3;8H,2-7H2,1H3/t2*13-;12-;9-;7-,8+;8-/m000010/s1. The highest BCUT2D eigenvalue weighted by Gasteiger charge is 2.41. The van der Waals surface area contributed by atoms with E-state index in [1.165, 1.54) is 59.2 Å². The van der Waals surface area contributed by atoms with Crippen LogP contribution in [0.5, 0.6) is 0 Å². The van der Waals surface area contributed by atoms with E-state index in [9.17, 15) is 33.2 Å². The van der Waals surface area contributed by atoms with Gasteiger partial charge in [0.25, 0.3) is 0 Å². The third-order valence-electron chi connectivity index (χ3n) is 20.6. The maximum absolute atomic E-state index is 13.0. The smallest absolute Gasteiger partial charge is 0.245 e. The highest BCUT2D eigenvalue weighted by Crippen LogP contribution is 2.34. The predicted molar refractivity (Wildman–Crippen MR) is 344 cm³/mol. The summed E-state index contributed by atoms with van der Waals surface area (Å²) in [6.45, 7) is 16.8. The Balaban J connectivity index is 0.000000118. The first-order valence-corrected chi connectivity index (χ1v) is 33.5. The third-order valence-corrected chi connectivity index (χ3v) is 20.6. The van der Waals surface area contributed by atoms with E-state index in [2.05, 4.69) is 100 Å². The van der Waals surface area contributed by atoms with Crippen molar-refractivity contribution in [2.45, 2.75) is 132 Å². The van der Waals surface area contributed by atoms with Crippen LogP contribution in [-0.2, 0) is 59.3 Å². The Hall–Kier alpha value is -6.03. The summed E-state index contributed by atoms with van der Waals surface area (Å²) in [5.74, 6) is 1.62. The van der Waals surface area contributed by atoms with Gasteiger partial charge in [0.2, 0.25) is 35.4 Å². The largest absolute Gasteiger partial charge is 0.378 e. The summed E-state index contributed by atoms with van der Waals surface area (Å²) in [5.41, 5.74) is 7.75. The molecule has 9 fully saturated rings. The van der Waals surface area contributed by atoms with Crippen molar-refractivity contribution < 1.29 is 37.9 Å². The number of para-hydroxylation sites is 1. The van der Waals surface area contributed by atoms with Gasteiger partial charge >= 0.3 is 0 Å². The lowest BCUT2D eigenvalue weighted by Gasteiger charge is -2.40. The maximum atomic E-state index is 13.0. The molecule has 6 amide bonds. The number of rotatable bonds is 6. The van der Waals surface area contributed by atoms with Crippen LogP contribution >= 0.6 is 0 Å². The molecule has 19 nitrogen and oxygen atoms in total. The molecule has 12 aliphatic rings. The van der Waals surface area contributed by atoms with Gasteiger partial charge < -0.3 is 39.0 Å². The average Bonchev–Trinajstić information content (AvgIpc) is 2.00. The number of amides is 6. The molecule has 3 aromatic rings. The van der Waals surface area contributed by atoms with E-state index in [-0.39, 0.29) is 54.0 Å². The van der Waals surface area contributed by atoms with Gasteiger partial charge in [0.1, 0.15) is 24.3 Å². The van der Waals surface area contributed by atoms with Crippen molar-refractivity contribution in [1.82, 2.24) is 53.9 Å². The zero-order chi connectivity index (χ0) is 62.7. The summed E-state index contributed by atoms with van der Waals surface area (Å²) in [6.07, 6.45) is 12.8. The maximum Gasteiger partial charge on any atom is 0.245 e. The van der Waals surface area contributed by atoms with E-state index in [0.29, 0.717) is 37.3 Å². The second-order valence-corrected chi connectivity index (χ2v) is 26.6. The fourth-order valence-corrected chi connectivity index (χ4v) is 13.7. The number of carbonyl (C=O) groups excluding carboxylic acids is 6. The van der Waals surface area contributed by atoms with E-state index in [0.717, 1.165) is 163 Å². The minimum atomic E-state index is -0.819. The molecular weight excluding hydrogens is 1130 g/mol. The van der Waals surface area contributed by atoms with Crippen molar-refractivity contribution >= 4 is 41.1 Å². The molecule has 7 atom stereocenters. The van der Waals surface area contributed by atoms with Crippen molar-refractivity contribution in [3.8, 4) is 0 Å². The number of alkyl halides is 1. The normalized spacial score (nSPS) is 27.1. The number of fused-ring (bicyclic) bond motifs is 3. The van der Waals surface area contributed by atoms with Crippen LogP contribution in [0.2, 0.25) is 0 Å². The lowest BCUT2D eigenvalue weighted by Crippen LogP contribution is -2.56. The monoisotopic (exact) mass is 1230 g/mol. The molecule has 0 unspecified atom stereocenters. The molecule has 9 saturated heterocycles. The first-order valence-electron chi connectivity index (χ1n) is 33.5. The number of hydrogen-bond acceptors (Lipinski definition) is 13. The Kier molecular flexibility index (Phi) is 22.9. The van der Waals surface area contributed by atoms with Crippen molar-refractivity contribution in [2.75, 3.05) is 165 Å². The second-order valence-electron chi connectivity index (χ2n) is 26.6. The Bertz CT molecular complexity index is 2810. The summed E-state index contributed by atoms with van der Waals surface area (Å²) in [7, 11) is 12.0. The van der Waals surface area contributed by atoms with Crippen LogP contribution in [0.4, 0.5) is 10.1 Å². The van der Waals surface area contributed by atoms with Gasteiger partial charge in [-0.1, -0.05) is 73.2 Å². The van der Waals surface area contributed by atoms with Crippen LogP contribution in [0.3, 0.4) is 0 Å². The number of piperidine rings is 1. The fourth-order valence-electron chi connectivity index (χ4n) is 13.7. The number of hydrogen-bond donors (Lipinski definition) is 0. The average molecular weight is 1230 g/mol. The molecule has 0 aromatic heterocycles. The lowest BCUT2D eigenvalue weighted by molar-refractivity contribution is -0.145. The molecule has 12 heterocycles. The number of carbonyl (C=O) groups is 6. The molecule has 0 N–H and O–H groups in total. The number of nitrogens with zero attached hydrogens (tertiary/aromatic N) is 12. The SMILES string of the molecule is CN1CCCC[C@H]1C(=O)N1CCC1.CN1CCOC[C@H]1C(=O)N1CCC1.CN1CCc2ccccc2[C@H]1C(=O)N1CCC1.CN1C[C@H](F)C[C@H]1C(=O)N1CCC1.CN1Cc2ccccc2C[C@H]1C(=O)N1CCC1.CN1c2ccccc2C[C@H]1C(=O)N1CCC1. The summed E-state index contributed by atoms with van der Waals surface area (Å²) < 4.78 is 18.3. The van der Waals surface area contributed by atoms with Crippen molar-refractivity contribution in [3.63, 3.8) is 0 Å². The Morgan fingerprint density at radius 3 is 1.38 bits per heavy atom. The Labute approximate surface area is 528 Å². The van der Waals surface area contributed by atoms with Crippen LogP contribution in [-0.4, -0.2) is 286 Å². The summed E-state index contributed by atoms with van der Waals surface area (Å²) in [4.78, 5) is 96.5. The highest BCUT2D eigenvalue weighted by atomic mass is 19.1. The van der Waals surface area contributed by atoms with Gasteiger partial charge in [0.05, 0.1) is 31.3 Å². The van der Waals surface area contributed by atoms with Crippen LogP contribution in [0, 0.1) is 0 Å². The van der Waals surface area contributed by atoms with E-state index in [1.54, 1.807) is 0 Å². The number of halogens is 1. The predicted octanol–water partition coefficient (Wildman–Crippen LogP) is 4.52. The fraction of sp³-hybridized carbons (Fsp3) is 0.652. The van der Waals surface area contributed by atoms with Crippen LogP contribution in [0.15, 0.2) is 72.8 Å². The van der Waals surface area contributed by atoms with Gasteiger partial charge in [-0.15, -0.1) is 0 Å². The lowest BCUT2D eigenvalue weighted by atomic mass is 9.91. The number of anilines is 1. The summed E-state index contributed by atoms with van der Waals surface area (Å²) >= 11 is 0. The molecule has 20 heteroatoms. The minimum absolute atomic E-state index is 0.0256. The number of likely N-dealkylation sites (N-methyl/N-ethyl adjacent to an activating group) is 6. The van der Waals surface area contributed by atoms with Crippen molar-refractivity contribution in [3.05, 3.63) is 101 Å². The molecule has 0 saturated carbocycles. The highest BCUT2D eigenvalue weighted by molar-refractivity contribution is 5.89. The number of likely N-dealkylation sites (tertiary alicyclic amines) is 8. The number of morpholine rings is 1. The zero-order valence-electron chi connectivity index (χ0n) is 54.2. The first-order chi connectivity index (χ1) is 43.1. The van der Waals surface area contributed by atoms with Crippen LogP contribution < -0.4 is 4.90 Å². The van der Waals surface area contributed by atoms with Gasteiger partial charge in [-0.05, 0) is 140 Å². The van der Waals surface area contributed by atoms with Crippen LogP contribution in [0.1, 0.15) is 98.1 Å². The summed E-state index contributed by atoms with van der Waals surface area (Å²) in [5, 5.41) is 0. The molecule has 0 bridgehead atoms. The van der Waals surface area contributed by atoms with Crippen molar-refractivity contribution in [2.24, 2.45) is 0 Å². The minimum Gasteiger partial charge on any atom is -0.378 e. The molecule has 0 aliphatic carbocycles. The van der Waals surface area contributed by atoms with Gasteiger partial charge in [0.15, 0.2) is 0 Å². The molecule has 486 valence electrons. The van der Waals surface area contributed by atoms with Gasteiger partial charge in [0, 0.05) is 130 Å².